The molecule has 2 aliphatic heterocycles. The number of nitrogens with zero attached hydrogens (tertiary/aromatic N) is 4. The molecule has 0 bridgehead atoms. The number of rotatable bonds is 5. The number of carbonyl (C=O) groups excluding carboxylic acids is 1. The van der Waals surface area contributed by atoms with Crippen LogP contribution in [0.5, 0.6) is 0 Å². The highest BCUT2D eigenvalue weighted by Crippen LogP contribution is 2.19. The average Bonchev–Trinajstić information content (AvgIpc) is 3.17. The van der Waals surface area contributed by atoms with Gasteiger partial charge < -0.3 is 5.32 Å². The summed E-state index contributed by atoms with van der Waals surface area (Å²) in [5.74, 6) is 0.393. The second kappa shape index (κ2) is 7.77. The molecule has 0 radical (unpaired) electrons. The molecule has 1 aromatic rings. The molecule has 0 saturated carbocycles. The van der Waals surface area contributed by atoms with E-state index in [9.17, 15) is 13.2 Å². The quantitative estimate of drug-likeness (QED) is 0.812. The van der Waals surface area contributed by atoms with Gasteiger partial charge in [-0.05, 0) is 31.9 Å². The van der Waals surface area contributed by atoms with Crippen molar-refractivity contribution < 1.29 is 13.2 Å². The summed E-state index contributed by atoms with van der Waals surface area (Å²) >= 11 is 0. The molecule has 1 aromatic heterocycles. The summed E-state index contributed by atoms with van der Waals surface area (Å²) < 4.78 is 28.3. The number of nitrogens with one attached hydrogen (secondary N) is 1. The summed E-state index contributed by atoms with van der Waals surface area (Å²) in [6.07, 6.45) is 3.50. The first kappa shape index (κ1) is 18.2. The van der Waals surface area contributed by atoms with Crippen LogP contribution in [0.2, 0.25) is 0 Å². The summed E-state index contributed by atoms with van der Waals surface area (Å²) in [6.45, 7) is 4.99. The van der Waals surface area contributed by atoms with Crippen LogP contribution in [0.4, 0.5) is 5.82 Å². The SMILES string of the molecule is CC(C(=O)Nc1ccccn1)N1CCN(S(=O)(=O)N2CCCC2)CC1. The van der Waals surface area contributed by atoms with E-state index in [0.29, 0.717) is 45.1 Å². The summed E-state index contributed by atoms with van der Waals surface area (Å²) in [6, 6.07) is 5.01. The van der Waals surface area contributed by atoms with E-state index in [1.807, 2.05) is 17.9 Å². The Morgan fingerprint density at radius 1 is 1.08 bits per heavy atom. The highest BCUT2D eigenvalue weighted by Gasteiger charge is 2.35. The Morgan fingerprint density at radius 3 is 2.32 bits per heavy atom. The van der Waals surface area contributed by atoms with E-state index >= 15 is 0 Å². The highest BCUT2D eigenvalue weighted by molar-refractivity contribution is 7.86. The fourth-order valence-corrected chi connectivity index (χ4v) is 4.91. The van der Waals surface area contributed by atoms with Crippen molar-refractivity contribution in [1.82, 2.24) is 18.5 Å². The predicted octanol–water partition coefficient (Wildman–Crippen LogP) is 0.367. The van der Waals surface area contributed by atoms with Crippen LogP contribution in [0.15, 0.2) is 24.4 Å². The normalized spacial score (nSPS) is 22.0. The number of piperazine rings is 1. The van der Waals surface area contributed by atoms with Gasteiger partial charge in [-0.1, -0.05) is 6.07 Å². The third-order valence-corrected chi connectivity index (χ3v) is 6.87. The Morgan fingerprint density at radius 2 is 1.72 bits per heavy atom. The van der Waals surface area contributed by atoms with E-state index in [4.69, 9.17) is 0 Å². The second-order valence-electron chi connectivity index (χ2n) is 6.43. The zero-order valence-corrected chi connectivity index (χ0v) is 15.3. The van der Waals surface area contributed by atoms with Gasteiger partial charge in [0.25, 0.3) is 10.2 Å². The highest BCUT2D eigenvalue weighted by atomic mass is 32.2. The van der Waals surface area contributed by atoms with Gasteiger partial charge >= 0.3 is 0 Å². The molecule has 2 aliphatic rings. The van der Waals surface area contributed by atoms with Crippen LogP contribution in [0, 0.1) is 0 Å². The van der Waals surface area contributed by atoms with Crippen molar-refractivity contribution in [3.05, 3.63) is 24.4 Å². The number of anilines is 1. The first-order valence-electron chi connectivity index (χ1n) is 8.69. The maximum absolute atomic E-state index is 12.6. The molecule has 8 nitrogen and oxygen atoms in total. The van der Waals surface area contributed by atoms with Gasteiger partial charge in [-0.2, -0.15) is 17.0 Å². The minimum Gasteiger partial charge on any atom is -0.309 e. The third kappa shape index (κ3) is 4.17. The Bertz CT molecular complexity index is 683. The molecule has 2 saturated heterocycles. The molecule has 1 amide bonds. The van der Waals surface area contributed by atoms with Gasteiger partial charge in [0, 0.05) is 45.5 Å². The first-order chi connectivity index (χ1) is 12.0. The van der Waals surface area contributed by atoms with Gasteiger partial charge in [0.2, 0.25) is 5.91 Å². The first-order valence-corrected chi connectivity index (χ1v) is 10.1. The van der Waals surface area contributed by atoms with Gasteiger partial charge in [0.1, 0.15) is 5.82 Å². The van der Waals surface area contributed by atoms with Crippen molar-refractivity contribution >= 4 is 21.9 Å². The molecule has 2 fully saturated rings. The molecule has 1 atom stereocenters. The minimum atomic E-state index is -3.35. The van der Waals surface area contributed by atoms with Gasteiger partial charge in [-0.15, -0.1) is 0 Å². The lowest BCUT2D eigenvalue weighted by Gasteiger charge is -2.37. The standard InChI is InChI=1S/C16H25N5O3S/c1-14(16(22)18-15-6-2-3-7-17-15)19-10-12-21(13-11-19)25(23,24)20-8-4-5-9-20/h2-3,6-7,14H,4-5,8-13H2,1H3,(H,17,18,22). The number of pyridine rings is 1. The largest absolute Gasteiger partial charge is 0.309 e. The molecule has 0 aliphatic carbocycles. The lowest BCUT2D eigenvalue weighted by molar-refractivity contribution is -0.121. The van der Waals surface area contributed by atoms with Crippen molar-refractivity contribution in [2.24, 2.45) is 0 Å². The molecule has 3 heterocycles. The molecule has 0 spiro atoms. The molecule has 3 rings (SSSR count). The number of hydrogen-bond acceptors (Lipinski definition) is 5. The van der Waals surface area contributed by atoms with Crippen LogP contribution in [0.1, 0.15) is 19.8 Å². The maximum atomic E-state index is 12.6. The molecule has 1 unspecified atom stereocenters. The van der Waals surface area contributed by atoms with Crippen LogP contribution in [0.3, 0.4) is 0 Å². The lowest BCUT2D eigenvalue weighted by atomic mass is 10.2. The number of aromatic nitrogens is 1. The predicted molar refractivity (Wildman–Crippen MR) is 95.2 cm³/mol. The third-order valence-electron chi connectivity index (χ3n) is 4.83. The smallest absolute Gasteiger partial charge is 0.282 e. The van der Waals surface area contributed by atoms with E-state index < -0.39 is 10.2 Å². The van der Waals surface area contributed by atoms with Crippen molar-refractivity contribution in [3.63, 3.8) is 0 Å². The van der Waals surface area contributed by atoms with Crippen molar-refractivity contribution in [2.75, 3.05) is 44.6 Å². The Balaban J connectivity index is 1.53. The number of amides is 1. The van der Waals surface area contributed by atoms with Crippen LogP contribution >= 0.6 is 0 Å². The monoisotopic (exact) mass is 367 g/mol. The van der Waals surface area contributed by atoms with Gasteiger partial charge in [0.15, 0.2) is 0 Å². The summed E-state index contributed by atoms with van der Waals surface area (Å²) in [7, 11) is -3.35. The molecule has 138 valence electrons. The van der Waals surface area contributed by atoms with E-state index in [2.05, 4.69) is 10.3 Å². The van der Waals surface area contributed by atoms with Crippen LogP contribution in [-0.2, 0) is 15.0 Å². The molecule has 25 heavy (non-hydrogen) atoms. The van der Waals surface area contributed by atoms with E-state index in [1.54, 1.807) is 22.6 Å². The van der Waals surface area contributed by atoms with E-state index in [1.165, 1.54) is 4.31 Å². The van der Waals surface area contributed by atoms with Crippen LogP contribution in [-0.4, -0.2) is 78.1 Å². The Hall–Kier alpha value is -1.55. The zero-order chi connectivity index (χ0) is 17.9. The lowest BCUT2D eigenvalue weighted by Crippen LogP contribution is -2.56. The molecule has 0 aromatic carbocycles. The molecular formula is C16H25N5O3S. The maximum Gasteiger partial charge on any atom is 0.282 e. The van der Waals surface area contributed by atoms with E-state index in [-0.39, 0.29) is 11.9 Å². The molecule has 1 N–H and O–H groups in total. The minimum absolute atomic E-state index is 0.130. The van der Waals surface area contributed by atoms with Crippen molar-refractivity contribution in [1.29, 1.82) is 0 Å². The Labute approximate surface area is 149 Å². The molecule has 9 heteroatoms. The van der Waals surface area contributed by atoms with Gasteiger partial charge in [-0.3, -0.25) is 9.69 Å². The molecular weight excluding hydrogens is 342 g/mol. The summed E-state index contributed by atoms with van der Waals surface area (Å²) in [4.78, 5) is 18.5. The van der Waals surface area contributed by atoms with Gasteiger partial charge in [0.05, 0.1) is 6.04 Å². The fraction of sp³-hybridized carbons (Fsp3) is 0.625. The number of carbonyl (C=O) groups is 1. The van der Waals surface area contributed by atoms with Crippen molar-refractivity contribution in [2.45, 2.75) is 25.8 Å². The summed E-state index contributed by atoms with van der Waals surface area (Å²) in [5, 5.41) is 2.79. The van der Waals surface area contributed by atoms with Crippen LogP contribution < -0.4 is 5.32 Å². The van der Waals surface area contributed by atoms with Gasteiger partial charge in [-0.25, -0.2) is 4.98 Å². The zero-order valence-electron chi connectivity index (χ0n) is 14.5. The van der Waals surface area contributed by atoms with E-state index in [0.717, 1.165) is 12.8 Å². The Kier molecular flexibility index (Phi) is 5.67. The topological polar surface area (TPSA) is 85.9 Å². The van der Waals surface area contributed by atoms with Crippen molar-refractivity contribution in [3.8, 4) is 0 Å². The van der Waals surface area contributed by atoms with Crippen LogP contribution in [0.25, 0.3) is 0 Å². The average molecular weight is 367 g/mol. The summed E-state index contributed by atoms with van der Waals surface area (Å²) in [5.41, 5.74) is 0. The number of hydrogen-bond donors (Lipinski definition) is 1. The second-order valence-corrected chi connectivity index (χ2v) is 8.36. The fourth-order valence-electron chi connectivity index (χ4n) is 3.24.